The van der Waals surface area contributed by atoms with Crippen LogP contribution in [0.3, 0.4) is 0 Å². The predicted octanol–water partition coefficient (Wildman–Crippen LogP) is 0.965. The Labute approximate surface area is 102 Å². The summed E-state index contributed by atoms with van der Waals surface area (Å²) < 4.78 is 4.98. The summed E-state index contributed by atoms with van der Waals surface area (Å²) in [6.07, 6.45) is 2.44. The molecule has 100 valence electrons. The van der Waals surface area contributed by atoms with Crippen molar-refractivity contribution in [2.24, 2.45) is 0 Å². The first-order valence-corrected chi connectivity index (χ1v) is 5.82. The van der Waals surface area contributed by atoms with Gasteiger partial charge in [0.05, 0.1) is 6.10 Å². The van der Waals surface area contributed by atoms with Crippen LogP contribution in [-0.4, -0.2) is 43.4 Å². The molecule has 0 saturated heterocycles. The molecule has 0 saturated carbocycles. The average Bonchev–Trinajstić information content (AvgIpc) is 2.30. The van der Waals surface area contributed by atoms with E-state index in [1.165, 1.54) is 0 Å². The van der Waals surface area contributed by atoms with Crippen LogP contribution in [0, 0.1) is 0 Å². The number of nitrogens with one attached hydrogen (secondary N) is 2. The van der Waals surface area contributed by atoms with Gasteiger partial charge in [-0.2, -0.15) is 0 Å². The summed E-state index contributed by atoms with van der Waals surface area (Å²) in [5.74, 6) is -0.774. The van der Waals surface area contributed by atoms with E-state index in [-0.39, 0.29) is 18.6 Å². The van der Waals surface area contributed by atoms with Gasteiger partial charge in [-0.3, -0.25) is 4.79 Å². The molecule has 0 aromatic heterocycles. The van der Waals surface area contributed by atoms with Gasteiger partial charge in [0.25, 0.3) is 0 Å². The zero-order chi connectivity index (χ0) is 13.1. The number of hydrogen-bond acceptors (Lipinski definition) is 3. The third-order valence-corrected chi connectivity index (χ3v) is 2.31. The highest BCUT2D eigenvalue weighted by molar-refractivity contribution is 5.73. The van der Waals surface area contributed by atoms with Crippen LogP contribution in [0.2, 0.25) is 0 Å². The number of rotatable bonds is 9. The van der Waals surface area contributed by atoms with Crippen molar-refractivity contribution >= 4 is 12.0 Å². The van der Waals surface area contributed by atoms with E-state index in [9.17, 15) is 9.59 Å². The lowest BCUT2D eigenvalue weighted by atomic mass is 10.2. The Kier molecular flexibility index (Phi) is 9.14. The molecule has 1 unspecified atom stereocenters. The van der Waals surface area contributed by atoms with Gasteiger partial charge in [-0.1, -0.05) is 6.42 Å². The van der Waals surface area contributed by atoms with E-state index in [1.54, 1.807) is 7.11 Å². The summed E-state index contributed by atoms with van der Waals surface area (Å²) in [6.45, 7) is 2.90. The first-order chi connectivity index (χ1) is 8.06. The Balaban J connectivity index is 3.30. The lowest BCUT2D eigenvalue weighted by Gasteiger charge is -2.11. The molecule has 0 radical (unpaired) electrons. The smallest absolute Gasteiger partial charge is 0.314 e. The summed E-state index contributed by atoms with van der Waals surface area (Å²) >= 11 is 0. The average molecular weight is 246 g/mol. The van der Waals surface area contributed by atoms with Crippen LogP contribution in [-0.2, 0) is 9.53 Å². The maximum absolute atomic E-state index is 11.2. The van der Waals surface area contributed by atoms with E-state index in [2.05, 4.69) is 10.6 Å². The highest BCUT2D eigenvalue weighted by Gasteiger charge is 2.03. The number of methoxy groups -OCH3 is 1. The van der Waals surface area contributed by atoms with Crippen LogP contribution < -0.4 is 10.6 Å². The van der Waals surface area contributed by atoms with Crippen molar-refractivity contribution in [3.63, 3.8) is 0 Å². The van der Waals surface area contributed by atoms with Gasteiger partial charge in [-0.15, -0.1) is 0 Å². The van der Waals surface area contributed by atoms with Crippen LogP contribution >= 0.6 is 0 Å². The third kappa shape index (κ3) is 11.0. The minimum absolute atomic E-state index is 0.00341. The molecule has 3 N–H and O–H groups in total. The molecule has 0 heterocycles. The summed E-state index contributed by atoms with van der Waals surface area (Å²) in [4.78, 5) is 21.5. The molecule has 0 aliphatic rings. The molecule has 6 heteroatoms. The second kappa shape index (κ2) is 9.89. The van der Waals surface area contributed by atoms with Crippen molar-refractivity contribution in [1.82, 2.24) is 10.6 Å². The van der Waals surface area contributed by atoms with Crippen molar-refractivity contribution in [2.75, 3.05) is 20.2 Å². The van der Waals surface area contributed by atoms with Gasteiger partial charge >= 0.3 is 12.0 Å². The topological polar surface area (TPSA) is 87.7 Å². The molecule has 6 nitrogen and oxygen atoms in total. The van der Waals surface area contributed by atoms with E-state index < -0.39 is 5.97 Å². The highest BCUT2D eigenvalue weighted by atomic mass is 16.5. The Morgan fingerprint density at radius 3 is 2.53 bits per heavy atom. The van der Waals surface area contributed by atoms with Gasteiger partial charge in [-0.25, -0.2) is 4.79 Å². The number of carboxylic acid groups (broad SMARTS) is 1. The third-order valence-electron chi connectivity index (χ3n) is 2.31. The summed E-state index contributed by atoms with van der Waals surface area (Å²) in [5, 5.41) is 13.8. The summed E-state index contributed by atoms with van der Waals surface area (Å²) in [6, 6.07) is -0.216. The van der Waals surface area contributed by atoms with E-state index in [0.717, 1.165) is 12.8 Å². The zero-order valence-corrected chi connectivity index (χ0v) is 10.5. The number of carboxylic acids is 1. The molecule has 0 aromatic carbocycles. The maximum atomic E-state index is 11.2. The number of aliphatic carboxylic acids is 1. The van der Waals surface area contributed by atoms with Crippen LogP contribution in [0.1, 0.15) is 32.6 Å². The minimum atomic E-state index is -0.774. The second-order valence-electron chi connectivity index (χ2n) is 3.89. The Bertz CT molecular complexity index is 234. The van der Waals surface area contributed by atoms with E-state index in [1.807, 2.05) is 6.92 Å². The van der Waals surface area contributed by atoms with Crippen molar-refractivity contribution in [2.45, 2.75) is 38.7 Å². The zero-order valence-electron chi connectivity index (χ0n) is 10.5. The minimum Gasteiger partial charge on any atom is -0.481 e. The fraction of sp³-hybridized carbons (Fsp3) is 0.818. The van der Waals surface area contributed by atoms with E-state index >= 15 is 0 Å². The quantitative estimate of drug-likeness (QED) is 0.529. The lowest BCUT2D eigenvalue weighted by molar-refractivity contribution is -0.137. The molecule has 1 atom stereocenters. The molecule has 0 spiro atoms. The summed E-state index contributed by atoms with van der Waals surface area (Å²) in [7, 11) is 1.59. The molecule has 0 aliphatic heterocycles. The molecule has 0 aromatic rings. The van der Waals surface area contributed by atoms with Crippen molar-refractivity contribution < 1.29 is 19.4 Å². The fourth-order valence-electron chi connectivity index (χ4n) is 1.16. The molecular formula is C11H22N2O4. The van der Waals surface area contributed by atoms with Crippen molar-refractivity contribution in [3.8, 4) is 0 Å². The van der Waals surface area contributed by atoms with Gasteiger partial charge in [0, 0.05) is 26.6 Å². The van der Waals surface area contributed by atoms with Gasteiger partial charge in [0.1, 0.15) is 0 Å². The molecule has 0 aliphatic carbocycles. The van der Waals surface area contributed by atoms with E-state index in [4.69, 9.17) is 9.84 Å². The van der Waals surface area contributed by atoms with Crippen molar-refractivity contribution in [1.29, 1.82) is 0 Å². The van der Waals surface area contributed by atoms with Gasteiger partial charge < -0.3 is 20.5 Å². The fourth-order valence-corrected chi connectivity index (χ4v) is 1.16. The molecule has 0 fully saturated rings. The number of hydrogen-bond donors (Lipinski definition) is 3. The monoisotopic (exact) mass is 246 g/mol. The van der Waals surface area contributed by atoms with Crippen LogP contribution in [0.4, 0.5) is 4.79 Å². The number of amides is 2. The van der Waals surface area contributed by atoms with Crippen LogP contribution in [0.15, 0.2) is 0 Å². The normalized spacial score (nSPS) is 11.9. The molecule has 2 amide bonds. The predicted molar refractivity (Wildman–Crippen MR) is 64.0 cm³/mol. The largest absolute Gasteiger partial charge is 0.481 e. The van der Waals surface area contributed by atoms with Gasteiger partial charge in [0.2, 0.25) is 0 Å². The number of unbranched alkanes of at least 4 members (excludes halogenated alkanes) is 2. The number of urea groups is 1. The molecular weight excluding hydrogens is 224 g/mol. The molecule has 0 rings (SSSR count). The van der Waals surface area contributed by atoms with E-state index in [0.29, 0.717) is 19.5 Å². The molecule has 17 heavy (non-hydrogen) atoms. The van der Waals surface area contributed by atoms with Crippen molar-refractivity contribution in [3.05, 3.63) is 0 Å². The molecule has 0 bridgehead atoms. The SMILES string of the molecule is COC(C)CNC(=O)NCCCCCC(=O)O. The first-order valence-electron chi connectivity index (χ1n) is 5.82. The van der Waals surface area contributed by atoms with Crippen LogP contribution in [0.25, 0.3) is 0 Å². The lowest BCUT2D eigenvalue weighted by Crippen LogP contribution is -2.39. The van der Waals surface area contributed by atoms with Gasteiger partial charge in [0.15, 0.2) is 0 Å². The Morgan fingerprint density at radius 2 is 1.94 bits per heavy atom. The number of carbonyl (C=O) groups excluding carboxylic acids is 1. The van der Waals surface area contributed by atoms with Crippen LogP contribution in [0.5, 0.6) is 0 Å². The summed E-state index contributed by atoms with van der Waals surface area (Å²) in [5.41, 5.74) is 0. The maximum Gasteiger partial charge on any atom is 0.314 e. The Morgan fingerprint density at radius 1 is 1.24 bits per heavy atom. The number of carbonyl (C=O) groups is 2. The Hall–Kier alpha value is -1.30. The second-order valence-corrected chi connectivity index (χ2v) is 3.89. The first kappa shape index (κ1) is 15.7. The number of ether oxygens (including phenoxy) is 1. The standard InChI is InChI=1S/C11H22N2O4/c1-9(17-2)8-13-11(16)12-7-5-3-4-6-10(14)15/h9H,3-8H2,1-2H3,(H,14,15)(H2,12,13,16). The highest BCUT2D eigenvalue weighted by Crippen LogP contribution is 1.98. The van der Waals surface area contributed by atoms with Gasteiger partial charge in [-0.05, 0) is 19.8 Å².